The number of aryl methyl sites for hydroxylation is 1. The molecule has 0 fully saturated rings. The van der Waals surface area contributed by atoms with E-state index in [-0.39, 0.29) is 6.03 Å². The van der Waals surface area contributed by atoms with Gasteiger partial charge in [0.15, 0.2) is 0 Å². The number of hydrogen-bond acceptors (Lipinski definition) is 3. The monoisotopic (exact) mass is 309 g/mol. The highest BCUT2D eigenvalue weighted by atomic mass is 32.1. The molecule has 21 heavy (non-hydrogen) atoms. The van der Waals surface area contributed by atoms with Gasteiger partial charge in [-0.3, -0.25) is 10.1 Å². The number of fused-ring (bicyclic) bond motifs is 1. The summed E-state index contributed by atoms with van der Waals surface area (Å²) in [5.41, 5.74) is 7.09. The van der Waals surface area contributed by atoms with Crippen LogP contribution in [0.25, 0.3) is 0 Å². The smallest absolute Gasteiger partial charge is 0.319 e. The van der Waals surface area contributed by atoms with E-state index in [2.05, 4.69) is 17.6 Å². The second kappa shape index (κ2) is 7.45. The molecule has 0 spiro atoms. The third-order valence-corrected chi connectivity index (χ3v) is 4.92. The van der Waals surface area contributed by atoms with Crippen LogP contribution in [0, 0.1) is 0 Å². The van der Waals surface area contributed by atoms with Gasteiger partial charge in [0.1, 0.15) is 5.00 Å². The fraction of sp³-hybridized carbons (Fsp3) is 0.600. The minimum absolute atomic E-state index is 0.262. The Bertz CT molecular complexity index is 525. The van der Waals surface area contributed by atoms with Gasteiger partial charge in [-0.2, -0.15) is 0 Å². The van der Waals surface area contributed by atoms with Crippen LogP contribution in [0.1, 0.15) is 59.8 Å². The lowest BCUT2D eigenvalue weighted by atomic mass is 10.1. The van der Waals surface area contributed by atoms with Crippen molar-refractivity contribution in [2.24, 2.45) is 5.73 Å². The minimum Gasteiger partial charge on any atom is -0.365 e. The van der Waals surface area contributed by atoms with Crippen molar-refractivity contribution in [1.29, 1.82) is 0 Å². The van der Waals surface area contributed by atoms with E-state index in [4.69, 9.17) is 5.73 Å². The van der Waals surface area contributed by atoms with E-state index in [1.165, 1.54) is 22.6 Å². The van der Waals surface area contributed by atoms with Gasteiger partial charge in [0.25, 0.3) is 5.91 Å². The van der Waals surface area contributed by atoms with Gasteiger partial charge in [-0.05, 0) is 37.7 Å². The normalized spacial score (nSPS) is 14.1. The predicted octanol–water partition coefficient (Wildman–Crippen LogP) is 3.04. The molecule has 1 aliphatic carbocycles. The molecule has 1 aliphatic rings. The number of anilines is 1. The predicted molar refractivity (Wildman–Crippen MR) is 86.0 cm³/mol. The van der Waals surface area contributed by atoms with E-state index < -0.39 is 5.91 Å². The average molecular weight is 309 g/mol. The lowest BCUT2D eigenvalue weighted by molar-refractivity contribution is 0.100. The lowest BCUT2D eigenvalue weighted by Crippen LogP contribution is -2.30. The van der Waals surface area contributed by atoms with Crippen LogP contribution < -0.4 is 16.4 Å². The van der Waals surface area contributed by atoms with Gasteiger partial charge >= 0.3 is 6.03 Å². The summed E-state index contributed by atoms with van der Waals surface area (Å²) in [4.78, 5) is 24.8. The summed E-state index contributed by atoms with van der Waals surface area (Å²) in [6.07, 6.45) is 7.21. The molecular weight excluding hydrogens is 286 g/mol. The molecule has 0 bridgehead atoms. The summed E-state index contributed by atoms with van der Waals surface area (Å²) < 4.78 is 0. The van der Waals surface area contributed by atoms with Crippen molar-refractivity contribution in [1.82, 2.24) is 5.32 Å². The first-order chi connectivity index (χ1) is 10.1. The molecular formula is C15H23N3O2S. The zero-order valence-electron chi connectivity index (χ0n) is 12.5. The Morgan fingerprint density at radius 3 is 2.71 bits per heavy atom. The molecule has 1 heterocycles. The van der Waals surface area contributed by atoms with E-state index in [9.17, 15) is 9.59 Å². The van der Waals surface area contributed by atoms with Gasteiger partial charge in [-0.15, -0.1) is 11.3 Å². The van der Waals surface area contributed by atoms with Crippen molar-refractivity contribution in [2.75, 3.05) is 11.9 Å². The van der Waals surface area contributed by atoms with Crippen LogP contribution in [0.2, 0.25) is 0 Å². The topological polar surface area (TPSA) is 84.2 Å². The van der Waals surface area contributed by atoms with Gasteiger partial charge in [-0.1, -0.05) is 19.8 Å². The van der Waals surface area contributed by atoms with Crippen LogP contribution in [0.3, 0.4) is 0 Å². The second-order valence-electron chi connectivity index (χ2n) is 5.37. The summed E-state index contributed by atoms with van der Waals surface area (Å²) in [6, 6.07) is -0.262. The fourth-order valence-electron chi connectivity index (χ4n) is 2.62. The summed E-state index contributed by atoms with van der Waals surface area (Å²) in [5, 5.41) is 6.19. The number of rotatable bonds is 5. The maximum Gasteiger partial charge on any atom is 0.319 e. The molecule has 0 radical (unpaired) electrons. The molecule has 1 aromatic rings. The largest absolute Gasteiger partial charge is 0.365 e. The maximum atomic E-state index is 11.9. The van der Waals surface area contributed by atoms with Crippen molar-refractivity contribution in [3.8, 4) is 0 Å². The van der Waals surface area contributed by atoms with Crippen LogP contribution >= 0.6 is 11.3 Å². The SMILES string of the molecule is CCCCNC(=O)Nc1sc2c(c1C(N)=O)CCCCC2. The number of nitrogens with two attached hydrogens (primary N) is 1. The highest BCUT2D eigenvalue weighted by molar-refractivity contribution is 7.17. The molecule has 3 amide bonds. The standard InChI is InChI=1S/C15H23N3O2S/c1-2-3-9-17-15(20)18-14-12(13(16)19)10-7-5-4-6-8-11(10)21-14/h2-9H2,1H3,(H2,16,19)(H2,17,18,20). The third-order valence-electron chi connectivity index (χ3n) is 3.71. The average Bonchev–Trinajstić information content (AvgIpc) is 2.61. The maximum absolute atomic E-state index is 11.9. The van der Waals surface area contributed by atoms with Crippen molar-refractivity contribution >= 4 is 28.3 Å². The Labute approximate surface area is 129 Å². The molecule has 5 nitrogen and oxygen atoms in total. The molecule has 2 rings (SSSR count). The van der Waals surface area contributed by atoms with E-state index in [0.29, 0.717) is 17.1 Å². The Morgan fingerprint density at radius 2 is 2.00 bits per heavy atom. The van der Waals surface area contributed by atoms with Crippen molar-refractivity contribution in [3.63, 3.8) is 0 Å². The first kappa shape index (κ1) is 15.8. The number of unbranched alkanes of at least 4 members (excludes halogenated alkanes) is 1. The summed E-state index contributed by atoms with van der Waals surface area (Å²) in [6.45, 7) is 2.71. The third kappa shape index (κ3) is 3.97. The van der Waals surface area contributed by atoms with Crippen LogP contribution in [-0.2, 0) is 12.8 Å². The number of primary amides is 1. The van der Waals surface area contributed by atoms with Crippen LogP contribution in [0.15, 0.2) is 0 Å². The first-order valence-electron chi connectivity index (χ1n) is 7.62. The highest BCUT2D eigenvalue weighted by Crippen LogP contribution is 2.37. The molecule has 0 atom stereocenters. The first-order valence-corrected chi connectivity index (χ1v) is 8.44. The lowest BCUT2D eigenvalue weighted by Gasteiger charge is -2.07. The summed E-state index contributed by atoms with van der Waals surface area (Å²) in [7, 11) is 0. The molecule has 0 unspecified atom stereocenters. The van der Waals surface area contributed by atoms with Gasteiger partial charge in [0.05, 0.1) is 5.56 Å². The van der Waals surface area contributed by atoms with E-state index in [0.717, 1.165) is 44.1 Å². The fourth-order valence-corrected chi connectivity index (χ4v) is 3.91. The van der Waals surface area contributed by atoms with Gasteiger partial charge in [0.2, 0.25) is 0 Å². The van der Waals surface area contributed by atoms with Crippen molar-refractivity contribution < 1.29 is 9.59 Å². The number of hydrogen-bond donors (Lipinski definition) is 3. The molecule has 116 valence electrons. The minimum atomic E-state index is -0.446. The number of urea groups is 1. The van der Waals surface area contributed by atoms with Gasteiger partial charge in [0, 0.05) is 11.4 Å². The van der Waals surface area contributed by atoms with E-state index in [1.807, 2.05) is 0 Å². The van der Waals surface area contributed by atoms with Gasteiger partial charge < -0.3 is 11.1 Å². The molecule has 0 saturated heterocycles. The van der Waals surface area contributed by atoms with Crippen LogP contribution in [0.4, 0.5) is 9.80 Å². The second-order valence-corrected chi connectivity index (χ2v) is 6.47. The Morgan fingerprint density at radius 1 is 1.24 bits per heavy atom. The van der Waals surface area contributed by atoms with Crippen molar-refractivity contribution in [2.45, 2.75) is 51.9 Å². The zero-order valence-corrected chi connectivity index (χ0v) is 13.3. The zero-order chi connectivity index (χ0) is 15.2. The molecule has 0 aromatic carbocycles. The molecule has 0 aliphatic heterocycles. The van der Waals surface area contributed by atoms with E-state index in [1.54, 1.807) is 0 Å². The van der Waals surface area contributed by atoms with Gasteiger partial charge in [-0.25, -0.2) is 4.79 Å². The van der Waals surface area contributed by atoms with Crippen LogP contribution in [0.5, 0.6) is 0 Å². The molecule has 1 aromatic heterocycles. The van der Waals surface area contributed by atoms with Crippen molar-refractivity contribution in [3.05, 3.63) is 16.0 Å². The Hall–Kier alpha value is -1.56. The molecule has 4 N–H and O–H groups in total. The summed E-state index contributed by atoms with van der Waals surface area (Å²) >= 11 is 1.50. The molecule has 6 heteroatoms. The number of thiophene rings is 1. The quantitative estimate of drug-likeness (QED) is 0.577. The number of nitrogens with one attached hydrogen (secondary N) is 2. The number of carbonyl (C=O) groups is 2. The number of carbonyl (C=O) groups excluding carboxylic acids is 2. The Kier molecular flexibility index (Phi) is 5.61. The highest BCUT2D eigenvalue weighted by Gasteiger charge is 2.24. The van der Waals surface area contributed by atoms with E-state index >= 15 is 0 Å². The number of amides is 3. The summed E-state index contributed by atoms with van der Waals surface area (Å²) in [5.74, 6) is -0.446. The Balaban J connectivity index is 2.15. The molecule has 0 saturated carbocycles. The van der Waals surface area contributed by atoms with Crippen LogP contribution in [-0.4, -0.2) is 18.5 Å².